The van der Waals surface area contributed by atoms with Gasteiger partial charge in [0.25, 0.3) is 10.2 Å². The summed E-state index contributed by atoms with van der Waals surface area (Å²) in [5.74, 6) is -0.482. The van der Waals surface area contributed by atoms with Crippen LogP contribution in [0.2, 0.25) is 0 Å². The molecular formula is C17H21FN4O2S. The normalized spacial score (nSPS) is 19.3. The molecule has 0 unspecified atom stereocenters. The van der Waals surface area contributed by atoms with Gasteiger partial charge in [-0.3, -0.25) is 9.97 Å². The van der Waals surface area contributed by atoms with Crippen LogP contribution in [-0.2, 0) is 10.2 Å². The summed E-state index contributed by atoms with van der Waals surface area (Å²) >= 11 is 0. The molecule has 1 aliphatic rings. The molecule has 0 spiro atoms. The van der Waals surface area contributed by atoms with Crippen LogP contribution in [0.3, 0.4) is 0 Å². The van der Waals surface area contributed by atoms with Crippen LogP contribution in [0.25, 0.3) is 11.3 Å². The molecule has 0 saturated carbocycles. The smallest absolute Gasteiger partial charge is 0.257 e. The zero-order chi connectivity index (χ0) is 18.0. The number of benzene rings is 1. The number of hydrogen-bond acceptors (Lipinski definition) is 4. The van der Waals surface area contributed by atoms with Crippen molar-refractivity contribution in [1.82, 2.24) is 18.6 Å². The summed E-state index contributed by atoms with van der Waals surface area (Å²) in [6.45, 7) is 0.799. The molecule has 0 amide bonds. The molecule has 134 valence electrons. The first-order valence-electron chi connectivity index (χ1n) is 8.14. The zero-order valence-corrected chi connectivity index (χ0v) is 15.1. The maximum atomic E-state index is 14.2. The highest BCUT2D eigenvalue weighted by Crippen LogP contribution is 2.33. The highest BCUT2D eigenvalue weighted by atomic mass is 32.2. The summed E-state index contributed by atoms with van der Waals surface area (Å²) < 4.78 is 41.7. The first kappa shape index (κ1) is 17.9. The molecule has 2 aromatic rings. The molecule has 0 radical (unpaired) electrons. The van der Waals surface area contributed by atoms with E-state index in [0.29, 0.717) is 30.0 Å². The van der Waals surface area contributed by atoms with E-state index in [2.05, 4.69) is 9.97 Å². The lowest BCUT2D eigenvalue weighted by Crippen LogP contribution is -2.45. The quantitative estimate of drug-likeness (QED) is 0.835. The van der Waals surface area contributed by atoms with E-state index in [4.69, 9.17) is 0 Å². The van der Waals surface area contributed by atoms with Crippen LogP contribution in [0.5, 0.6) is 0 Å². The third-order valence-corrected chi connectivity index (χ3v) is 6.32. The second-order valence-electron chi connectivity index (χ2n) is 6.26. The van der Waals surface area contributed by atoms with Gasteiger partial charge in [-0.25, -0.2) is 4.39 Å². The van der Waals surface area contributed by atoms with Gasteiger partial charge >= 0.3 is 0 Å². The molecule has 25 heavy (non-hydrogen) atoms. The number of halogens is 1. The summed E-state index contributed by atoms with van der Waals surface area (Å²) in [5.41, 5.74) is 1.51. The molecule has 1 aromatic carbocycles. The van der Waals surface area contributed by atoms with E-state index in [1.54, 1.807) is 24.4 Å². The number of aromatic nitrogens is 2. The predicted molar refractivity (Wildman–Crippen MR) is 93.6 cm³/mol. The first-order chi connectivity index (χ1) is 11.9. The van der Waals surface area contributed by atoms with Crippen molar-refractivity contribution in [3.05, 3.63) is 48.2 Å². The van der Waals surface area contributed by atoms with Crippen LogP contribution in [0, 0.1) is 5.82 Å². The number of rotatable bonds is 4. The second-order valence-corrected chi connectivity index (χ2v) is 8.40. The van der Waals surface area contributed by atoms with Gasteiger partial charge in [-0.2, -0.15) is 17.0 Å². The van der Waals surface area contributed by atoms with Gasteiger partial charge in [0, 0.05) is 51.1 Å². The van der Waals surface area contributed by atoms with Crippen molar-refractivity contribution in [1.29, 1.82) is 0 Å². The van der Waals surface area contributed by atoms with E-state index in [-0.39, 0.29) is 11.7 Å². The standard InChI is InChI=1S/C17H21FN4O2S/c1-21(2)25(23,24)22-11-5-6-13(12-22)16-17(20-10-9-19-16)14-7-3-4-8-15(14)18/h3-4,7-10,13H,5-6,11-12H2,1-2H3/t13-/m1/s1. The van der Waals surface area contributed by atoms with Crippen LogP contribution in [0.4, 0.5) is 4.39 Å². The van der Waals surface area contributed by atoms with Crippen LogP contribution >= 0.6 is 0 Å². The fourth-order valence-electron chi connectivity index (χ4n) is 3.11. The van der Waals surface area contributed by atoms with Crippen molar-refractivity contribution in [2.75, 3.05) is 27.2 Å². The van der Waals surface area contributed by atoms with Crippen molar-refractivity contribution in [3.8, 4) is 11.3 Å². The van der Waals surface area contributed by atoms with Gasteiger partial charge in [-0.15, -0.1) is 0 Å². The molecule has 0 N–H and O–H groups in total. The van der Waals surface area contributed by atoms with E-state index in [0.717, 1.165) is 12.8 Å². The highest BCUT2D eigenvalue weighted by Gasteiger charge is 2.33. The van der Waals surface area contributed by atoms with Gasteiger partial charge in [-0.05, 0) is 25.0 Å². The maximum absolute atomic E-state index is 14.2. The average molecular weight is 364 g/mol. The lowest BCUT2D eigenvalue weighted by atomic mass is 9.92. The minimum atomic E-state index is -3.48. The minimum absolute atomic E-state index is 0.119. The Hall–Kier alpha value is -1.90. The Kier molecular flexibility index (Phi) is 5.12. The fraction of sp³-hybridized carbons (Fsp3) is 0.412. The van der Waals surface area contributed by atoms with Gasteiger partial charge in [0.15, 0.2) is 0 Å². The van der Waals surface area contributed by atoms with E-state index < -0.39 is 10.2 Å². The summed E-state index contributed by atoms with van der Waals surface area (Å²) in [4.78, 5) is 8.74. The van der Waals surface area contributed by atoms with Gasteiger partial charge < -0.3 is 0 Å². The number of nitrogens with zero attached hydrogens (tertiary/aromatic N) is 4. The Morgan fingerprint density at radius 1 is 1.20 bits per heavy atom. The third-order valence-electron chi connectivity index (χ3n) is 4.41. The molecule has 1 atom stereocenters. The van der Waals surface area contributed by atoms with Gasteiger partial charge in [0.2, 0.25) is 0 Å². The van der Waals surface area contributed by atoms with Crippen molar-refractivity contribution in [2.24, 2.45) is 0 Å². The Labute approximate surface area is 147 Å². The van der Waals surface area contributed by atoms with Crippen LogP contribution in [0.15, 0.2) is 36.7 Å². The van der Waals surface area contributed by atoms with E-state index in [1.165, 1.54) is 35.0 Å². The average Bonchev–Trinajstić information content (AvgIpc) is 2.62. The van der Waals surface area contributed by atoms with Crippen molar-refractivity contribution < 1.29 is 12.8 Å². The molecular weight excluding hydrogens is 343 g/mol. The topological polar surface area (TPSA) is 66.4 Å². The lowest BCUT2D eigenvalue weighted by Gasteiger charge is -2.33. The summed E-state index contributed by atoms with van der Waals surface area (Å²) in [6, 6.07) is 6.43. The number of hydrogen-bond donors (Lipinski definition) is 0. The first-order valence-corrected chi connectivity index (χ1v) is 9.54. The summed E-state index contributed by atoms with van der Waals surface area (Å²) in [6.07, 6.45) is 4.62. The van der Waals surface area contributed by atoms with E-state index in [1.807, 2.05) is 0 Å². The molecule has 0 bridgehead atoms. The number of piperidine rings is 1. The molecule has 1 saturated heterocycles. The monoisotopic (exact) mass is 364 g/mol. The molecule has 8 heteroatoms. The molecule has 0 aliphatic carbocycles. The van der Waals surface area contributed by atoms with Crippen LogP contribution < -0.4 is 0 Å². The van der Waals surface area contributed by atoms with E-state index >= 15 is 0 Å². The molecule has 2 heterocycles. The Bertz CT molecular complexity index is 857. The summed E-state index contributed by atoms with van der Waals surface area (Å²) in [5, 5.41) is 0. The molecule has 6 nitrogen and oxygen atoms in total. The van der Waals surface area contributed by atoms with Gasteiger partial charge in [0.1, 0.15) is 5.82 Å². The third kappa shape index (κ3) is 3.56. The van der Waals surface area contributed by atoms with Gasteiger partial charge in [0.05, 0.1) is 11.4 Å². The largest absolute Gasteiger partial charge is 0.281 e. The molecule has 1 aromatic heterocycles. The van der Waals surface area contributed by atoms with Crippen LogP contribution in [0.1, 0.15) is 24.5 Å². The van der Waals surface area contributed by atoms with Crippen molar-refractivity contribution in [2.45, 2.75) is 18.8 Å². The molecule has 3 rings (SSSR count). The Morgan fingerprint density at radius 2 is 1.92 bits per heavy atom. The Balaban J connectivity index is 1.97. The van der Waals surface area contributed by atoms with E-state index in [9.17, 15) is 12.8 Å². The zero-order valence-electron chi connectivity index (χ0n) is 14.3. The highest BCUT2D eigenvalue weighted by molar-refractivity contribution is 7.86. The van der Waals surface area contributed by atoms with Crippen molar-refractivity contribution in [3.63, 3.8) is 0 Å². The predicted octanol–water partition coefficient (Wildman–Crippen LogP) is 2.27. The van der Waals surface area contributed by atoms with Gasteiger partial charge in [-0.1, -0.05) is 12.1 Å². The molecule has 1 aliphatic heterocycles. The lowest BCUT2D eigenvalue weighted by molar-refractivity contribution is 0.296. The summed E-state index contributed by atoms with van der Waals surface area (Å²) in [7, 11) is -0.442. The maximum Gasteiger partial charge on any atom is 0.281 e. The van der Waals surface area contributed by atoms with Crippen LogP contribution in [-0.4, -0.2) is 54.2 Å². The van der Waals surface area contributed by atoms with Crippen molar-refractivity contribution >= 4 is 10.2 Å². The fourth-order valence-corrected chi connectivity index (χ4v) is 4.30. The molecule has 1 fully saturated rings. The second kappa shape index (κ2) is 7.15. The SMILES string of the molecule is CN(C)S(=O)(=O)N1CCC[C@@H](c2nccnc2-c2ccccc2F)C1. The minimum Gasteiger partial charge on any atom is -0.257 e. The Morgan fingerprint density at radius 3 is 2.64 bits per heavy atom.